The predicted octanol–water partition coefficient (Wildman–Crippen LogP) is 0.658. The van der Waals surface area contributed by atoms with Crippen molar-refractivity contribution < 1.29 is 0 Å². The molecule has 1 heterocycles. The monoisotopic (exact) mass is 211 g/mol. The van der Waals surface area contributed by atoms with Gasteiger partial charge < -0.3 is 11.5 Å². The molecule has 0 atom stereocenters. The Kier molecular flexibility index (Phi) is 2.90. The normalized spacial score (nSPS) is 9.62. The van der Waals surface area contributed by atoms with E-state index in [4.69, 9.17) is 35.9 Å². The van der Waals surface area contributed by atoms with E-state index in [0.717, 1.165) is 5.56 Å². The molecular weight excluding hydrogens is 202 g/mol. The number of hydrogen-bond acceptors (Lipinski definition) is 3. The standard InChI is InChI=1S/C8H9N3S2/c1-4-2-3-5(7(9)12)11-6(4)8(10)13/h2-3H,1H3,(H2,9,12)(H2,10,13). The minimum absolute atomic E-state index is 0.248. The summed E-state index contributed by atoms with van der Waals surface area (Å²) in [5, 5.41) is 0. The van der Waals surface area contributed by atoms with Crippen molar-refractivity contribution >= 4 is 34.4 Å². The van der Waals surface area contributed by atoms with E-state index in [1.165, 1.54) is 0 Å². The molecule has 0 saturated heterocycles. The van der Waals surface area contributed by atoms with Crippen LogP contribution in [0.2, 0.25) is 0 Å². The van der Waals surface area contributed by atoms with Crippen molar-refractivity contribution in [3.05, 3.63) is 29.1 Å². The Bertz CT molecular complexity index is 374. The number of hydrogen-bond donors (Lipinski definition) is 2. The highest BCUT2D eigenvalue weighted by Crippen LogP contribution is 2.06. The van der Waals surface area contributed by atoms with Gasteiger partial charge in [0.05, 0.1) is 5.69 Å². The molecule has 0 aliphatic carbocycles. The first-order valence-corrected chi connectivity index (χ1v) is 4.41. The lowest BCUT2D eigenvalue weighted by atomic mass is 10.2. The molecule has 3 nitrogen and oxygen atoms in total. The molecule has 0 spiro atoms. The fourth-order valence-electron chi connectivity index (χ4n) is 0.915. The highest BCUT2D eigenvalue weighted by molar-refractivity contribution is 7.81. The Balaban J connectivity index is 3.27. The van der Waals surface area contributed by atoms with Gasteiger partial charge in [-0.1, -0.05) is 30.5 Å². The Labute approximate surface area is 87.1 Å². The Morgan fingerprint density at radius 3 is 2.31 bits per heavy atom. The summed E-state index contributed by atoms with van der Waals surface area (Å²) in [6, 6.07) is 3.59. The average molecular weight is 211 g/mol. The number of nitrogens with zero attached hydrogens (tertiary/aromatic N) is 1. The summed E-state index contributed by atoms with van der Waals surface area (Å²) in [6.45, 7) is 1.88. The summed E-state index contributed by atoms with van der Waals surface area (Å²) in [4.78, 5) is 4.65. The van der Waals surface area contributed by atoms with Gasteiger partial charge in [0.2, 0.25) is 0 Å². The van der Waals surface area contributed by atoms with Crippen LogP contribution in [-0.2, 0) is 0 Å². The largest absolute Gasteiger partial charge is 0.388 e. The summed E-state index contributed by atoms with van der Waals surface area (Å²) in [5.41, 5.74) is 12.9. The summed E-state index contributed by atoms with van der Waals surface area (Å²) in [5.74, 6) is 0. The zero-order valence-corrected chi connectivity index (χ0v) is 8.71. The van der Waals surface area contributed by atoms with E-state index in [-0.39, 0.29) is 9.98 Å². The molecule has 68 valence electrons. The van der Waals surface area contributed by atoms with Crippen LogP contribution in [0.25, 0.3) is 0 Å². The molecule has 0 radical (unpaired) electrons. The van der Waals surface area contributed by atoms with Gasteiger partial charge in [0.25, 0.3) is 0 Å². The number of pyridine rings is 1. The lowest BCUT2D eigenvalue weighted by Crippen LogP contribution is -2.18. The first-order chi connectivity index (χ1) is 6.02. The van der Waals surface area contributed by atoms with Crippen molar-refractivity contribution in [2.75, 3.05) is 0 Å². The van der Waals surface area contributed by atoms with Crippen LogP contribution in [0.3, 0.4) is 0 Å². The van der Waals surface area contributed by atoms with Crippen molar-refractivity contribution in [3.8, 4) is 0 Å². The minimum atomic E-state index is 0.248. The molecule has 5 heteroatoms. The van der Waals surface area contributed by atoms with Gasteiger partial charge in [0, 0.05) is 0 Å². The Morgan fingerprint density at radius 2 is 1.85 bits per heavy atom. The molecule has 0 amide bonds. The van der Waals surface area contributed by atoms with E-state index in [0.29, 0.717) is 11.4 Å². The molecule has 0 aliphatic rings. The van der Waals surface area contributed by atoms with Crippen molar-refractivity contribution in [2.24, 2.45) is 11.5 Å². The highest BCUT2D eigenvalue weighted by Gasteiger charge is 2.05. The molecule has 13 heavy (non-hydrogen) atoms. The quantitative estimate of drug-likeness (QED) is 0.703. The van der Waals surface area contributed by atoms with Crippen LogP contribution < -0.4 is 11.5 Å². The summed E-state index contributed by atoms with van der Waals surface area (Å²) >= 11 is 9.61. The van der Waals surface area contributed by atoms with Gasteiger partial charge in [0.15, 0.2) is 0 Å². The molecule has 0 unspecified atom stereocenters. The Morgan fingerprint density at radius 1 is 1.23 bits per heavy atom. The summed E-state index contributed by atoms with van der Waals surface area (Å²) < 4.78 is 0. The number of thiocarbonyl (C=S) groups is 2. The van der Waals surface area contributed by atoms with Crippen LogP contribution in [0.4, 0.5) is 0 Å². The summed E-state index contributed by atoms with van der Waals surface area (Å²) in [7, 11) is 0. The number of rotatable bonds is 2. The smallest absolute Gasteiger partial charge is 0.122 e. The van der Waals surface area contributed by atoms with Crippen molar-refractivity contribution in [1.82, 2.24) is 4.98 Å². The van der Waals surface area contributed by atoms with E-state index < -0.39 is 0 Å². The van der Waals surface area contributed by atoms with Gasteiger partial charge in [-0.05, 0) is 18.6 Å². The lowest BCUT2D eigenvalue weighted by Gasteiger charge is -2.04. The predicted molar refractivity (Wildman–Crippen MR) is 60.7 cm³/mol. The van der Waals surface area contributed by atoms with Crippen LogP contribution in [0.1, 0.15) is 17.0 Å². The molecule has 0 aromatic carbocycles. The van der Waals surface area contributed by atoms with Gasteiger partial charge >= 0.3 is 0 Å². The second-order valence-corrected chi connectivity index (χ2v) is 3.47. The molecular formula is C8H9N3S2. The average Bonchev–Trinajstić information content (AvgIpc) is 2.04. The first-order valence-electron chi connectivity index (χ1n) is 3.59. The third kappa shape index (κ3) is 2.19. The number of aryl methyl sites for hydroxylation is 1. The fourth-order valence-corrected chi connectivity index (χ4v) is 1.24. The van der Waals surface area contributed by atoms with Crippen LogP contribution in [-0.4, -0.2) is 15.0 Å². The fraction of sp³-hybridized carbons (Fsp3) is 0.125. The van der Waals surface area contributed by atoms with Gasteiger partial charge in [-0.25, -0.2) is 4.98 Å². The van der Waals surface area contributed by atoms with Gasteiger partial charge in [-0.2, -0.15) is 0 Å². The van der Waals surface area contributed by atoms with E-state index in [1.54, 1.807) is 6.07 Å². The SMILES string of the molecule is Cc1ccc(C(N)=S)nc1C(N)=S. The topological polar surface area (TPSA) is 64.9 Å². The highest BCUT2D eigenvalue weighted by atomic mass is 32.1. The van der Waals surface area contributed by atoms with Crippen molar-refractivity contribution in [2.45, 2.75) is 6.92 Å². The lowest BCUT2D eigenvalue weighted by molar-refractivity contribution is 1.21. The number of aromatic nitrogens is 1. The van der Waals surface area contributed by atoms with E-state index >= 15 is 0 Å². The molecule has 0 saturated carbocycles. The van der Waals surface area contributed by atoms with Gasteiger partial charge in [-0.3, -0.25) is 0 Å². The maximum Gasteiger partial charge on any atom is 0.122 e. The van der Waals surface area contributed by atoms with Crippen LogP contribution in [0.5, 0.6) is 0 Å². The van der Waals surface area contributed by atoms with Crippen molar-refractivity contribution in [3.63, 3.8) is 0 Å². The molecule has 0 aliphatic heterocycles. The maximum atomic E-state index is 5.47. The molecule has 4 N–H and O–H groups in total. The van der Waals surface area contributed by atoms with Gasteiger partial charge in [0.1, 0.15) is 15.7 Å². The molecule has 0 fully saturated rings. The van der Waals surface area contributed by atoms with Gasteiger partial charge in [-0.15, -0.1) is 0 Å². The van der Waals surface area contributed by atoms with Crippen LogP contribution >= 0.6 is 24.4 Å². The van der Waals surface area contributed by atoms with E-state index in [9.17, 15) is 0 Å². The first kappa shape index (κ1) is 10.0. The van der Waals surface area contributed by atoms with E-state index in [2.05, 4.69) is 4.98 Å². The number of nitrogens with two attached hydrogens (primary N) is 2. The molecule has 1 aromatic rings. The molecule has 1 rings (SSSR count). The Hall–Kier alpha value is -1.07. The third-order valence-electron chi connectivity index (χ3n) is 1.58. The second kappa shape index (κ2) is 3.76. The van der Waals surface area contributed by atoms with Crippen LogP contribution in [0, 0.1) is 6.92 Å². The minimum Gasteiger partial charge on any atom is -0.388 e. The van der Waals surface area contributed by atoms with Crippen LogP contribution in [0.15, 0.2) is 12.1 Å². The zero-order chi connectivity index (χ0) is 10.0. The maximum absolute atomic E-state index is 5.47. The van der Waals surface area contributed by atoms with E-state index in [1.807, 2.05) is 13.0 Å². The van der Waals surface area contributed by atoms with Crippen molar-refractivity contribution in [1.29, 1.82) is 0 Å². The summed E-state index contributed by atoms with van der Waals surface area (Å²) in [6.07, 6.45) is 0. The molecule has 1 aromatic heterocycles. The second-order valence-electron chi connectivity index (χ2n) is 2.59. The third-order valence-corrected chi connectivity index (χ3v) is 1.99. The zero-order valence-electron chi connectivity index (χ0n) is 7.07. The molecule has 0 bridgehead atoms.